The lowest BCUT2D eigenvalue weighted by atomic mass is 10.2. The van der Waals surface area contributed by atoms with Crippen molar-refractivity contribution in [2.24, 2.45) is 0 Å². The number of nitrogen functional groups attached to an aromatic ring is 1. The van der Waals surface area contributed by atoms with Crippen LogP contribution in [0.4, 0.5) is 10.5 Å². The lowest BCUT2D eigenvalue weighted by molar-refractivity contribution is 0.0730. The lowest BCUT2D eigenvalue weighted by Gasteiger charge is -2.26. The third-order valence-corrected chi connectivity index (χ3v) is 7.67. The second-order valence-corrected chi connectivity index (χ2v) is 10.3. The maximum Gasteiger partial charge on any atom is 0.407 e. The highest BCUT2D eigenvalue weighted by Crippen LogP contribution is 2.22. The van der Waals surface area contributed by atoms with Crippen molar-refractivity contribution in [1.29, 1.82) is 0 Å². The number of aryl methyl sites for hydroxylation is 1. The summed E-state index contributed by atoms with van der Waals surface area (Å²) >= 11 is 5.98. The number of sulfonamides is 1. The number of morpholine rings is 1. The van der Waals surface area contributed by atoms with Crippen LogP contribution in [-0.4, -0.2) is 66.3 Å². The molecule has 0 aliphatic carbocycles. The standard InChI is InChI=1S/C22H27ClN6O5S/c23-19-13-18(24)20-21(27-19)28(15-26-20)7-1-2-10-34-22(30)25-14-16-3-5-17(6-4-16)35(31,32)29-8-11-33-12-9-29/h3-6,13,15H,1-2,7-12,14H2,(H2,24,27)(H,25,30). The highest BCUT2D eigenvalue weighted by Gasteiger charge is 2.26. The highest BCUT2D eigenvalue weighted by atomic mass is 35.5. The van der Waals surface area contributed by atoms with E-state index in [-0.39, 0.29) is 18.0 Å². The minimum absolute atomic E-state index is 0.219. The zero-order valence-corrected chi connectivity index (χ0v) is 20.6. The van der Waals surface area contributed by atoms with Gasteiger partial charge < -0.3 is 25.1 Å². The number of benzene rings is 1. The number of aromatic nitrogens is 3. The third-order valence-electron chi connectivity index (χ3n) is 5.57. The Morgan fingerprint density at radius 1 is 1.20 bits per heavy atom. The van der Waals surface area contributed by atoms with E-state index in [0.717, 1.165) is 12.0 Å². The molecule has 2 aromatic heterocycles. The smallest absolute Gasteiger partial charge is 0.407 e. The van der Waals surface area contributed by atoms with Gasteiger partial charge in [-0.1, -0.05) is 23.7 Å². The fourth-order valence-electron chi connectivity index (χ4n) is 3.68. The number of carbonyl (C=O) groups is 1. The van der Waals surface area contributed by atoms with Gasteiger partial charge in [-0.05, 0) is 30.5 Å². The normalized spacial score (nSPS) is 14.8. The van der Waals surface area contributed by atoms with Gasteiger partial charge in [0.15, 0.2) is 5.65 Å². The molecule has 1 aliphatic heterocycles. The first-order valence-electron chi connectivity index (χ1n) is 11.2. The number of alkyl carbamates (subject to hydrolysis) is 1. The van der Waals surface area contributed by atoms with Gasteiger partial charge in [0.05, 0.1) is 36.7 Å². The molecule has 0 unspecified atom stereocenters. The zero-order valence-electron chi connectivity index (χ0n) is 19.0. The minimum atomic E-state index is -3.54. The van der Waals surface area contributed by atoms with E-state index < -0.39 is 16.1 Å². The Balaban J connectivity index is 1.17. The number of fused-ring (bicyclic) bond motifs is 1. The summed E-state index contributed by atoms with van der Waals surface area (Å²) in [5, 5.41) is 2.98. The topological polar surface area (TPSA) is 142 Å². The van der Waals surface area contributed by atoms with Crippen LogP contribution in [0, 0.1) is 0 Å². The van der Waals surface area contributed by atoms with Crippen LogP contribution in [0.15, 0.2) is 41.6 Å². The number of ether oxygens (including phenoxy) is 2. The molecular weight excluding hydrogens is 496 g/mol. The number of nitrogens with zero attached hydrogens (tertiary/aromatic N) is 4. The van der Waals surface area contributed by atoms with Gasteiger partial charge in [0.1, 0.15) is 10.7 Å². The van der Waals surface area contributed by atoms with Crippen molar-refractivity contribution in [3.05, 3.63) is 47.4 Å². The average Bonchev–Trinajstić information content (AvgIpc) is 3.26. The van der Waals surface area contributed by atoms with Crippen molar-refractivity contribution in [2.45, 2.75) is 30.8 Å². The van der Waals surface area contributed by atoms with Crippen LogP contribution < -0.4 is 11.1 Å². The number of halogens is 1. The molecule has 1 fully saturated rings. The second-order valence-electron chi connectivity index (χ2n) is 8.00. The molecule has 0 bridgehead atoms. The van der Waals surface area contributed by atoms with E-state index >= 15 is 0 Å². The lowest BCUT2D eigenvalue weighted by Crippen LogP contribution is -2.40. The van der Waals surface area contributed by atoms with Crippen molar-refractivity contribution in [1.82, 2.24) is 24.2 Å². The van der Waals surface area contributed by atoms with Gasteiger partial charge in [-0.3, -0.25) is 0 Å². The van der Waals surface area contributed by atoms with Gasteiger partial charge in [-0.25, -0.2) is 23.2 Å². The Kier molecular flexibility index (Phi) is 8.06. The molecule has 1 saturated heterocycles. The summed E-state index contributed by atoms with van der Waals surface area (Å²) in [6.07, 6.45) is 2.52. The van der Waals surface area contributed by atoms with E-state index in [1.54, 1.807) is 36.7 Å². The summed E-state index contributed by atoms with van der Waals surface area (Å²) in [7, 11) is -3.54. The fourth-order valence-corrected chi connectivity index (χ4v) is 5.29. The molecule has 35 heavy (non-hydrogen) atoms. The van der Waals surface area contributed by atoms with E-state index in [1.165, 1.54) is 4.31 Å². The summed E-state index contributed by atoms with van der Waals surface area (Å²) in [5.41, 5.74) is 8.38. The molecule has 0 radical (unpaired) electrons. The van der Waals surface area contributed by atoms with Crippen LogP contribution >= 0.6 is 11.6 Å². The Morgan fingerprint density at radius 2 is 1.94 bits per heavy atom. The molecule has 3 N–H and O–H groups in total. The molecular formula is C22H27ClN6O5S. The molecule has 0 spiro atoms. The van der Waals surface area contributed by atoms with Gasteiger partial charge in [-0.15, -0.1) is 0 Å². The molecule has 3 heterocycles. The van der Waals surface area contributed by atoms with E-state index in [2.05, 4.69) is 15.3 Å². The Labute approximate surface area is 208 Å². The van der Waals surface area contributed by atoms with Crippen molar-refractivity contribution in [2.75, 3.05) is 38.6 Å². The number of unbranched alkanes of at least 4 members (excludes halogenated alkanes) is 1. The first-order chi connectivity index (χ1) is 16.8. The number of hydrogen-bond donors (Lipinski definition) is 2. The number of rotatable bonds is 9. The van der Waals surface area contributed by atoms with Gasteiger partial charge in [0, 0.05) is 32.2 Å². The van der Waals surface area contributed by atoms with Crippen molar-refractivity contribution < 1.29 is 22.7 Å². The Hall–Kier alpha value is -2.93. The molecule has 188 valence electrons. The molecule has 1 aromatic carbocycles. The predicted molar refractivity (Wildman–Crippen MR) is 130 cm³/mol. The molecule has 11 nitrogen and oxygen atoms in total. The van der Waals surface area contributed by atoms with Crippen LogP contribution in [0.5, 0.6) is 0 Å². The predicted octanol–water partition coefficient (Wildman–Crippen LogP) is 2.39. The molecule has 0 saturated carbocycles. The zero-order chi connectivity index (χ0) is 24.8. The van der Waals surface area contributed by atoms with E-state index in [9.17, 15) is 13.2 Å². The second kappa shape index (κ2) is 11.2. The summed E-state index contributed by atoms with van der Waals surface area (Å²) in [4.78, 5) is 20.7. The third kappa shape index (κ3) is 6.20. The molecule has 13 heteroatoms. The number of nitrogens with two attached hydrogens (primary N) is 1. The number of amides is 1. The first-order valence-corrected chi connectivity index (χ1v) is 13.0. The fraction of sp³-hybridized carbons (Fsp3) is 0.409. The number of anilines is 1. The van der Waals surface area contributed by atoms with Crippen LogP contribution in [0.3, 0.4) is 0 Å². The monoisotopic (exact) mass is 522 g/mol. The van der Waals surface area contributed by atoms with Crippen molar-refractivity contribution in [3.63, 3.8) is 0 Å². The van der Waals surface area contributed by atoms with Crippen molar-refractivity contribution >= 4 is 44.6 Å². The van der Waals surface area contributed by atoms with Crippen LogP contribution in [0.25, 0.3) is 11.2 Å². The largest absolute Gasteiger partial charge is 0.450 e. The van der Waals surface area contributed by atoms with Gasteiger partial charge in [0.25, 0.3) is 0 Å². The number of carbonyl (C=O) groups excluding carboxylic acids is 1. The summed E-state index contributed by atoms with van der Waals surface area (Å²) in [5.74, 6) is 0. The number of imidazole rings is 1. The SMILES string of the molecule is Nc1cc(Cl)nc2c1ncn2CCCCOC(=O)NCc1ccc(S(=O)(=O)N2CCOCC2)cc1. The maximum absolute atomic E-state index is 12.7. The first kappa shape index (κ1) is 25.2. The molecule has 1 amide bonds. The van der Waals surface area contributed by atoms with E-state index in [1.807, 2.05) is 4.57 Å². The average molecular weight is 523 g/mol. The Bertz CT molecular complexity index is 1280. The van der Waals surface area contributed by atoms with Crippen LogP contribution in [0.2, 0.25) is 5.15 Å². The molecule has 4 rings (SSSR count). The van der Waals surface area contributed by atoms with Crippen molar-refractivity contribution in [3.8, 4) is 0 Å². The number of hydrogen-bond acceptors (Lipinski definition) is 8. The van der Waals surface area contributed by atoms with Crippen LogP contribution in [0.1, 0.15) is 18.4 Å². The van der Waals surface area contributed by atoms with Gasteiger partial charge in [-0.2, -0.15) is 4.31 Å². The highest BCUT2D eigenvalue weighted by molar-refractivity contribution is 7.89. The van der Waals surface area contributed by atoms with E-state index in [0.29, 0.717) is 61.3 Å². The minimum Gasteiger partial charge on any atom is -0.450 e. The molecule has 3 aromatic rings. The maximum atomic E-state index is 12.7. The Morgan fingerprint density at radius 3 is 2.69 bits per heavy atom. The summed E-state index contributed by atoms with van der Waals surface area (Å²) in [6.45, 7) is 2.59. The summed E-state index contributed by atoms with van der Waals surface area (Å²) in [6, 6.07) is 8.01. The number of nitrogens with one attached hydrogen (secondary N) is 1. The molecule has 1 aliphatic rings. The van der Waals surface area contributed by atoms with Gasteiger partial charge in [0.2, 0.25) is 10.0 Å². The summed E-state index contributed by atoms with van der Waals surface area (Å²) < 4.78 is 39.0. The van der Waals surface area contributed by atoms with Gasteiger partial charge >= 0.3 is 6.09 Å². The molecule has 0 atom stereocenters. The van der Waals surface area contributed by atoms with Crippen LogP contribution in [-0.2, 0) is 32.6 Å². The van der Waals surface area contributed by atoms with E-state index in [4.69, 9.17) is 26.8 Å². The quantitative estimate of drug-likeness (QED) is 0.322. The number of pyridine rings is 1.